The van der Waals surface area contributed by atoms with E-state index in [1.165, 1.54) is 0 Å². The van der Waals surface area contributed by atoms with Crippen molar-refractivity contribution in [3.8, 4) is 0 Å². The molecule has 0 saturated heterocycles. The molecule has 0 aliphatic heterocycles. The van der Waals surface area contributed by atoms with E-state index in [1.54, 1.807) is 12.2 Å². The van der Waals surface area contributed by atoms with Crippen molar-refractivity contribution in [3.63, 3.8) is 0 Å². The zero-order chi connectivity index (χ0) is 23.8. The summed E-state index contributed by atoms with van der Waals surface area (Å²) >= 11 is 0. The van der Waals surface area contributed by atoms with Gasteiger partial charge in [0.05, 0.1) is 0 Å². The van der Waals surface area contributed by atoms with Crippen molar-refractivity contribution in [3.05, 3.63) is 169 Å². The molecule has 4 aromatic rings. The first kappa shape index (κ1) is 22.7. The standard InChI is InChI=1S/C33H26O/c1-3-29(25-17-9-5-10-18-25)31(27-21-13-7-14-22-27)33(34)32(28-23-15-8-16-24-28)30(4-2)26-19-11-6-12-20-26/h3-24H,1-2H2. The minimum Gasteiger partial charge on any atom is -0.289 e. The summed E-state index contributed by atoms with van der Waals surface area (Å²) in [5, 5.41) is 0. The molecule has 0 spiro atoms. The van der Waals surface area contributed by atoms with E-state index >= 15 is 0 Å². The normalized spacial score (nSPS) is 12.2. The first-order chi connectivity index (χ1) is 16.7. The summed E-state index contributed by atoms with van der Waals surface area (Å²) in [7, 11) is 0. The molecule has 0 atom stereocenters. The summed E-state index contributed by atoms with van der Waals surface area (Å²) in [5.74, 6) is -0.0742. The molecule has 4 rings (SSSR count). The van der Waals surface area contributed by atoms with Gasteiger partial charge in [-0.1, -0.05) is 147 Å². The number of Topliss-reactive ketones (excluding diaryl/α,β-unsaturated/α-hetero) is 1. The third-order valence-electron chi connectivity index (χ3n) is 5.70. The van der Waals surface area contributed by atoms with Gasteiger partial charge in [0.1, 0.15) is 0 Å². The van der Waals surface area contributed by atoms with Crippen LogP contribution in [0, 0.1) is 0 Å². The van der Waals surface area contributed by atoms with E-state index in [4.69, 9.17) is 0 Å². The Bertz CT molecular complexity index is 1240. The highest BCUT2D eigenvalue weighted by molar-refractivity contribution is 6.49. The lowest BCUT2D eigenvalue weighted by molar-refractivity contribution is -0.108. The predicted molar refractivity (Wildman–Crippen MR) is 145 cm³/mol. The maximum absolute atomic E-state index is 14.6. The second-order valence-electron chi connectivity index (χ2n) is 7.78. The third-order valence-corrected chi connectivity index (χ3v) is 5.70. The lowest BCUT2D eigenvalue weighted by Crippen LogP contribution is -2.09. The third kappa shape index (κ3) is 4.79. The lowest BCUT2D eigenvalue weighted by atomic mass is 9.83. The van der Waals surface area contributed by atoms with Crippen molar-refractivity contribution in [2.45, 2.75) is 0 Å². The largest absolute Gasteiger partial charge is 0.289 e. The van der Waals surface area contributed by atoms with Gasteiger partial charge in [0.15, 0.2) is 5.78 Å². The minimum absolute atomic E-state index is 0.0742. The maximum Gasteiger partial charge on any atom is 0.195 e. The summed E-state index contributed by atoms with van der Waals surface area (Å²) < 4.78 is 0. The molecule has 0 bridgehead atoms. The number of ketones is 1. The second kappa shape index (κ2) is 10.9. The fourth-order valence-electron chi connectivity index (χ4n) is 4.12. The molecular formula is C33H26O. The van der Waals surface area contributed by atoms with Crippen molar-refractivity contribution in [2.24, 2.45) is 0 Å². The molecule has 1 heteroatoms. The van der Waals surface area contributed by atoms with Gasteiger partial charge in [-0.15, -0.1) is 0 Å². The molecule has 164 valence electrons. The molecule has 0 unspecified atom stereocenters. The van der Waals surface area contributed by atoms with E-state index in [0.29, 0.717) is 11.1 Å². The zero-order valence-electron chi connectivity index (χ0n) is 19.0. The Hall–Kier alpha value is -4.49. The topological polar surface area (TPSA) is 17.1 Å². The van der Waals surface area contributed by atoms with Gasteiger partial charge < -0.3 is 0 Å². The number of carbonyl (C=O) groups excluding carboxylic acids is 1. The Balaban J connectivity index is 2.07. The Morgan fingerprint density at radius 3 is 0.971 bits per heavy atom. The fraction of sp³-hybridized carbons (Fsp3) is 0. The number of hydrogen-bond donors (Lipinski definition) is 0. The number of carbonyl (C=O) groups is 1. The Kier molecular flexibility index (Phi) is 7.27. The Labute approximate surface area is 201 Å². The second-order valence-corrected chi connectivity index (χ2v) is 7.78. The highest BCUT2D eigenvalue weighted by Gasteiger charge is 2.24. The summed E-state index contributed by atoms with van der Waals surface area (Å²) in [5.41, 5.74) is 6.37. The van der Waals surface area contributed by atoms with Gasteiger partial charge in [-0.25, -0.2) is 0 Å². The Morgan fingerprint density at radius 1 is 0.441 bits per heavy atom. The van der Waals surface area contributed by atoms with Crippen LogP contribution in [0.5, 0.6) is 0 Å². The fourth-order valence-corrected chi connectivity index (χ4v) is 4.12. The van der Waals surface area contributed by atoms with E-state index in [-0.39, 0.29) is 5.78 Å². The van der Waals surface area contributed by atoms with Crippen LogP contribution in [-0.4, -0.2) is 5.78 Å². The van der Waals surface area contributed by atoms with Gasteiger partial charge in [0, 0.05) is 11.1 Å². The van der Waals surface area contributed by atoms with Gasteiger partial charge in [-0.05, 0) is 33.4 Å². The molecule has 0 heterocycles. The van der Waals surface area contributed by atoms with Crippen LogP contribution < -0.4 is 0 Å². The van der Waals surface area contributed by atoms with Crippen LogP contribution in [0.3, 0.4) is 0 Å². The first-order valence-electron chi connectivity index (χ1n) is 11.2. The van der Waals surface area contributed by atoms with Crippen molar-refractivity contribution in [2.75, 3.05) is 0 Å². The quantitative estimate of drug-likeness (QED) is 0.154. The van der Waals surface area contributed by atoms with Gasteiger partial charge in [0.2, 0.25) is 0 Å². The monoisotopic (exact) mass is 438 g/mol. The lowest BCUT2D eigenvalue weighted by Gasteiger charge is -2.18. The minimum atomic E-state index is -0.0742. The molecule has 0 amide bonds. The number of rotatable bonds is 8. The van der Waals surface area contributed by atoms with E-state index in [2.05, 4.69) is 13.2 Å². The number of allylic oxidation sites excluding steroid dienone is 6. The molecule has 0 aromatic heterocycles. The number of benzene rings is 4. The van der Waals surface area contributed by atoms with Gasteiger partial charge >= 0.3 is 0 Å². The predicted octanol–water partition coefficient (Wildman–Crippen LogP) is 8.15. The molecule has 0 fully saturated rings. The average Bonchev–Trinajstić information content (AvgIpc) is 2.92. The first-order valence-corrected chi connectivity index (χ1v) is 11.2. The van der Waals surface area contributed by atoms with Crippen LogP contribution in [0.25, 0.3) is 22.3 Å². The number of hydrogen-bond acceptors (Lipinski definition) is 1. The van der Waals surface area contributed by atoms with Crippen molar-refractivity contribution >= 4 is 28.1 Å². The van der Waals surface area contributed by atoms with E-state index < -0.39 is 0 Å². The molecule has 1 nitrogen and oxygen atoms in total. The van der Waals surface area contributed by atoms with E-state index in [9.17, 15) is 4.79 Å². The SMILES string of the molecule is C=CC(=C(C(=O)C(=C(C=C)c1ccccc1)c1ccccc1)c1ccccc1)c1ccccc1. The summed E-state index contributed by atoms with van der Waals surface area (Å²) in [6.45, 7) is 8.15. The molecule has 0 radical (unpaired) electrons. The molecule has 0 N–H and O–H groups in total. The summed E-state index contributed by atoms with van der Waals surface area (Å²) in [6, 6.07) is 39.4. The van der Waals surface area contributed by atoms with Crippen molar-refractivity contribution in [1.29, 1.82) is 0 Å². The molecule has 34 heavy (non-hydrogen) atoms. The van der Waals surface area contributed by atoms with Gasteiger partial charge in [0.25, 0.3) is 0 Å². The van der Waals surface area contributed by atoms with Gasteiger partial charge in [-0.3, -0.25) is 4.79 Å². The van der Waals surface area contributed by atoms with E-state index in [0.717, 1.165) is 33.4 Å². The van der Waals surface area contributed by atoms with Crippen LogP contribution in [0.2, 0.25) is 0 Å². The molecule has 0 aliphatic carbocycles. The van der Waals surface area contributed by atoms with Gasteiger partial charge in [-0.2, -0.15) is 0 Å². The zero-order valence-corrected chi connectivity index (χ0v) is 19.0. The molecular weight excluding hydrogens is 412 g/mol. The van der Waals surface area contributed by atoms with Crippen molar-refractivity contribution < 1.29 is 4.79 Å². The van der Waals surface area contributed by atoms with E-state index in [1.807, 2.05) is 121 Å². The van der Waals surface area contributed by atoms with Crippen LogP contribution in [-0.2, 0) is 4.79 Å². The summed E-state index contributed by atoms with van der Waals surface area (Å²) in [4.78, 5) is 14.6. The average molecular weight is 439 g/mol. The van der Waals surface area contributed by atoms with Crippen LogP contribution in [0.15, 0.2) is 147 Å². The van der Waals surface area contributed by atoms with Crippen LogP contribution in [0.1, 0.15) is 22.3 Å². The highest BCUT2D eigenvalue weighted by atomic mass is 16.1. The molecule has 0 aliphatic rings. The highest BCUT2D eigenvalue weighted by Crippen LogP contribution is 2.36. The van der Waals surface area contributed by atoms with Crippen molar-refractivity contribution in [1.82, 2.24) is 0 Å². The molecule has 0 saturated carbocycles. The van der Waals surface area contributed by atoms with Crippen LogP contribution in [0.4, 0.5) is 0 Å². The van der Waals surface area contributed by atoms with Crippen LogP contribution >= 0.6 is 0 Å². The Morgan fingerprint density at radius 2 is 0.706 bits per heavy atom. The smallest absolute Gasteiger partial charge is 0.195 e. The molecule has 4 aromatic carbocycles. The maximum atomic E-state index is 14.6. The summed E-state index contributed by atoms with van der Waals surface area (Å²) in [6.07, 6.45) is 3.54.